The molecule has 0 saturated carbocycles. The first-order chi connectivity index (χ1) is 9.11. The van der Waals surface area contributed by atoms with E-state index in [9.17, 15) is 18.4 Å². The quantitative estimate of drug-likeness (QED) is 0.538. The Morgan fingerprint density at radius 1 is 1.21 bits per heavy atom. The number of hydrogen-bond acceptors (Lipinski definition) is 3. The summed E-state index contributed by atoms with van der Waals surface area (Å²) in [4.78, 5) is 21.2. The highest BCUT2D eigenvalue weighted by Gasteiger charge is 2.05. The number of carbonyl (C=O) groups excluding carboxylic acids is 2. The monoisotopic (exact) mass is 272 g/mol. The standard InChI is InChI=1S/C12H14F2N2O3/c13-9-4-10(14)6-11(5-9)19-7-12(18)16-3-1-2-15-8-17/h4-6,8H,1-3,7H2,(H,15,17)(H,16,18). The van der Waals surface area contributed by atoms with E-state index in [0.29, 0.717) is 32.0 Å². The van der Waals surface area contributed by atoms with Gasteiger partial charge in [-0.05, 0) is 6.42 Å². The van der Waals surface area contributed by atoms with Gasteiger partial charge in [0.05, 0.1) is 0 Å². The zero-order valence-electron chi connectivity index (χ0n) is 10.1. The molecule has 1 rings (SSSR count). The van der Waals surface area contributed by atoms with E-state index in [1.807, 2.05) is 0 Å². The molecule has 1 aromatic carbocycles. The second-order valence-corrected chi connectivity index (χ2v) is 3.67. The fourth-order valence-corrected chi connectivity index (χ4v) is 1.29. The zero-order valence-corrected chi connectivity index (χ0v) is 10.1. The summed E-state index contributed by atoms with van der Waals surface area (Å²) in [5.74, 6) is -1.99. The second kappa shape index (κ2) is 8.02. The normalized spacial score (nSPS) is 9.79. The minimum atomic E-state index is -0.768. The van der Waals surface area contributed by atoms with Crippen molar-refractivity contribution in [2.45, 2.75) is 6.42 Å². The summed E-state index contributed by atoms with van der Waals surface area (Å²) in [5.41, 5.74) is 0. The maximum Gasteiger partial charge on any atom is 0.257 e. The Hall–Kier alpha value is -2.18. The molecule has 0 aliphatic heterocycles. The van der Waals surface area contributed by atoms with Crippen molar-refractivity contribution in [3.63, 3.8) is 0 Å². The first-order valence-corrected chi connectivity index (χ1v) is 5.64. The number of nitrogens with one attached hydrogen (secondary N) is 2. The highest BCUT2D eigenvalue weighted by atomic mass is 19.1. The SMILES string of the molecule is O=CNCCCNC(=O)COc1cc(F)cc(F)c1. The molecular weight excluding hydrogens is 258 g/mol. The summed E-state index contributed by atoms with van der Waals surface area (Å²) in [7, 11) is 0. The van der Waals surface area contributed by atoms with Crippen LogP contribution in [0.5, 0.6) is 5.75 Å². The lowest BCUT2D eigenvalue weighted by Crippen LogP contribution is -2.31. The van der Waals surface area contributed by atoms with Gasteiger partial charge in [-0.15, -0.1) is 0 Å². The Morgan fingerprint density at radius 2 is 1.89 bits per heavy atom. The van der Waals surface area contributed by atoms with Crippen LogP contribution < -0.4 is 15.4 Å². The first-order valence-electron chi connectivity index (χ1n) is 5.64. The molecule has 1 aromatic rings. The van der Waals surface area contributed by atoms with Gasteiger partial charge < -0.3 is 15.4 Å². The van der Waals surface area contributed by atoms with Gasteiger partial charge in [-0.1, -0.05) is 0 Å². The van der Waals surface area contributed by atoms with Crippen LogP contribution in [0.4, 0.5) is 8.78 Å². The lowest BCUT2D eigenvalue weighted by atomic mass is 10.3. The lowest BCUT2D eigenvalue weighted by Gasteiger charge is -2.07. The van der Waals surface area contributed by atoms with E-state index < -0.39 is 17.5 Å². The molecule has 2 N–H and O–H groups in total. The van der Waals surface area contributed by atoms with Gasteiger partial charge in [-0.3, -0.25) is 9.59 Å². The van der Waals surface area contributed by atoms with Crippen molar-refractivity contribution in [2.24, 2.45) is 0 Å². The number of halogens is 2. The first kappa shape index (κ1) is 14.9. The van der Waals surface area contributed by atoms with Gasteiger partial charge >= 0.3 is 0 Å². The molecule has 7 heteroatoms. The Labute approximate surface area is 108 Å². The summed E-state index contributed by atoms with van der Waals surface area (Å²) in [6, 6.07) is 2.70. The van der Waals surface area contributed by atoms with Crippen LogP contribution in [0, 0.1) is 11.6 Å². The van der Waals surface area contributed by atoms with Gasteiger partial charge in [-0.25, -0.2) is 8.78 Å². The number of benzene rings is 1. The number of carbonyl (C=O) groups is 2. The maximum atomic E-state index is 12.8. The molecule has 0 spiro atoms. The van der Waals surface area contributed by atoms with Gasteiger partial charge in [0.1, 0.15) is 17.4 Å². The molecule has 0 unspecified atom stereocenters. The van der Waals surface area contributed by atoms with Gasteiger partial charge in [0.15, 0.2) is 6.61 Å². The predicted octanol–water partition coefficient (Wildman–Crippen LogP) is 0.596. The van der Waals surface area contributed by atoms with Crippen LogP contribution in [0.25, 0.3) is 0 Å². The molecule has 5 nitrogen and oxygen atoms in total. The Morgan fingerprint density at radius 3 is 2.53 bits per heavy atom. The summed E-state index contributed by atoms with van der Waals surface area (Å²) < 4.78 is 30.6. The molecule has 104 valence electrons. The van der Waals surface area contributed by atoms with Gasteiger partial charge in [0.2, 0.25) is 6.41 Å². The van der Waals surface area contributed by atoms with Gasteiger partial charge in [0, 0.05) is 31.3 Å². The Balaban J connectivity index is 2.24. The van der Waals surface area contributed by atoms with Crippen LogP contribution in [-0.4, -0.2) is 32.0 Å². The van der Waals surface area contributed by atoms with E-state index in [1.165, 1.54) is 0 Å². The lowest BCUT2D eigenvalue weighted by molar-refractivity contribution is -0.123. The van der Waals surface area contributed by atoms with Crippen molar-refractivity contribution in [1.29, 1.82) is 0 Å². The van der Waals surface area contributed by atoms with Crippen molar-refractivity contribution < 1.29 is 23.1 Å². The smallest absolute Gasteiger partial charge is 0.257 e. The number of hydrogen-bond donors (Lipinski definition) is 2. The van der Waals surface area contributed by atoms with Crippen LogP contribution in [-0.2, 0) is 9.59 Å². The molecule has 0 heterocycles. The van der Waals surface area contributed by atoms with Gasteiger partial charge in [0.25, 0.3) is 5.91 Å². The largest absolute Gasteiger partial charge is 0.484 e. The van der Waals surface area contributed by atoms with E-state index in [4.69, 9.17) is 4.74 Å². The van der Waals surface area contributed by atoms with Crippen molar-refractivity contribution in [3.8, 4) is 5.75 Å². The molecule has 0 atom stereocenters. The third-order valence-electron chi connectivity index (χ3n) is 2.11. The minimum Gasteiger partial charge on any atom is -0.484 e. The molecule has 2 amide bonds. The number of ether oxygens (including phenoxy) is 1. The van der Waals surface area contributed by atoms with E-state index in [0.717, 1.165) is 12.1 Å². The van der Waals surface area contributed by atoms with E-state index in [1.54, 1.807) is 0 Å². The van der Waals surface area contributed by atoms with Crippen LogP contribution in [0.2, 0.25) is 0 Å². The summed E-state index contributed by atoms with van der Waals surface area (Å²) >= 11 is 0. The van der Waals surface area contributed by atoms with Crippen LogP contribution in [0.15, 0.2) is 18.2 Å². The second-order valence-electron chi connectivity index (χ2n) is 3.67. The average molecular weight is 272 g/mol. The number of rotatable bonds is 8. The third kappa shape index (κ3) is 6.35. The Bertz CT molecular complexity index is 421. The molecule has 0 aromatic heterocycles. The molecule has 0 aliphatic carbocycles. The minimum absolute atomic E-state index is 0.0460. The summed E-state index contributed by atoms with van der Waals surface area (Å²) in [6.45, 7) is 0.504. The average Bonchev–Trinajstić information content (AvgIpc) is 2.35. The molecular formula is C12H14F2N2O3. The van der Waals surface area contributed by atoms with Crippen molar-refractivity contribution in [3.05, 3.63) is 29.8 Å². The molecule has 0 aliphatic rings. The fraction of sp³-hybridized carbons (Fsp3) is 0.333. The topological polar surface area (TPSA) is 67.4 Å². The third-order valence-corrected chi connectivity index (χ3v) is 2.11. The molecule has 0 bridgehead atoms. The summed E-state index contributed by atoms with van der Waals surface area (Å²) in [6.07, 6.45) is 1.16. The van der Waals surface area contributed by atoms with E-state index in [-0.39, 0.29) is 12.4 Å². The summed E-state index contributed by atoms with van der Waals surface area (Å²) in [5, 5.41) is 4.98. The maximum absolute atomic E-state index is 12.8. The van der Waals surface area contributed by atoms with E-state index in [2.05, 4.69) is 10.6 Å². The molecule has 19 heavy (non-hydrogen) atoms. The molecule has 0 radical (unpaired) electrons. The van der Waals surface area contributed by atoms with Crippen LogP contribution in [0.1, 0.15) is 6.42 Å². The van der Waals surface area contributed by atoms with E-state index >= 15 is 0 Å². The zero-order chi connectivity index (χ0) is 14.1. The van der Waals surface area contributed by atoms with Crippen molar-refractivity contribution >= 4 is 12.3 Å². The fourth-order valence-electron chi connectivity index (χ4n) is 1.29. The molecule has 0 fully saturated rings. The van der Waals surface area contributed by atoms with Crippen LogP contribution in [0.3, 0.4) is 0 Å². The van der Waals surface area contributed by atoms with Crippen LogP contribution >= 0.6 is 0 Å². The predicted molar refractivity (Wildman–Crippen MR) is 63.5 cm³/mol. The number of amides is 2. The highest BCUT2D eigenvalue weighted by molar-refractivity contribution is 5.77. The van der Waals surface area contributed by atoms with Gasteiger partial charge in [-0.2, -0.15) is 0 Å². The van der Waals surface area contributed by atoms with Crippen molar-refractivity contribution in [1.82, 2.24) is 10.6 Å². The highest BCUT2D eigenvalue weighted by Crippen LogP contribution is 2.14. The Kier molecular flexibility index (Phi) is 6.28. The van der Waals surface area contributed by atoms with Crippen molar-refractivity contribution in [2.75, 3.05) is 19.7 Å². The molecule has 0 saturated heterocycles.